The Morgan fingerprint density at radius 1 is 1.36 bits per heavy atom. The van der Waals surface area contributed by atoms with E-state index in [1.807, 2.05) is 0 Å². The van der Waals surface area contributed by atoms with E-state index in [1.165, 1.54) is 12.1 Å². The van der Waals surface area contributed by atoms with E-state index in [-0.39, 0.29) is 5.82 Å². The molecule has 0 fully saturated rings. The molecule has 0 radical (unpaired) electrons. The van der Waals surface area contributed by atoms with E-state index in [1.54, 1.807) is 6.07 Å². The van der Waals surface area contributed by atoms with Crippen LogP contribution in [-0.4, -0.2) is 6.29 Å². The third kappa shape index (κ3) is 1.46. The van der Waals surface area contributed by atoms with E-state index in [9.17, 15) is 9.18 Å². The Labute approximate surface area is 86.2 Å². The highest BCUT2D eigenvalue weighted by molar-refractivity contribution is 6.50. The fourth-order valence-electron chi connectivity index (χ4n) is 1.63. The fourth-order valence-corrected chi connectivity index (χ4v) is 1.95. The van der Waals surface area contributed by atoms with Gasteiger partial charge in [0.15, 0.2) is 0 Å². The van der Waals surface area contributed by atoms with Crippen LogP contribution in [0, 0.1) is 5.82 Å². The van der Waals surface area contributed by atoms with Crippen LogP contribution in [0.15, 0.2) is 23.8 Å². The van der Waals surface area contributed by atoms with Gasteiger partial charge >= 0.3 is 0 Å². The second-order valence-electron chi connectivity index (χ2n) is 3.26. The maximum Gasteiger partial charge on any atom is 0.147 e. The van der Waals surface area contributed by atoms with Crippen LogP contribution in [0.1, 0.15) is 17.5 Å². The highest BCUT2D eigenvalue weighted by Crippen LogP contribution is 2.33. The number of benzene rings is 1. The minimum absolute atomic E-state index is 0.325. The summed E-state index contributed by atoms with van der Waals surface area (Å²) in [4.78, 5) is 10.6. The van der Waals surface area contributed by atoms with Gasteiger partial charge in [0.05, 0.1) is 5.03 Å². The van der Waals surface area contributed by atoms with Crippen LogP contribution in [-0.2, 0) is 11.2 Å². The molecule has 0 aliphatic heterocycles. The Balaban J connectivity index is 2.60. The monoisotopic (exact) mass is 210 g/mol. The molecule has 0 bridgehead atoms. The van der Waals surface area contributed by atoms with Gasteiger partial charge in [-0.3, -0.25) is 4.79 Å². The number of aryl methyl sites for hydroxylation is 1. The molecule has 1 nitrogen and oxygen atoms in total. The topological polar surface area (TPSA) is 17.1 Å². The van der Waals surface area contributed by atoms with Gasteiger partial charge in [0.1, 0.15) is 12.1 Å². The maximum atomic E-state index is 12.9. The predicted molar refractivity (Wildman–Crippen MR) is 53.6 cm³/mol. The first kappa shape index (κ1) is 9.41. The first-order valence-corrected chi connectivity index (χ1v) is 4.73. The molecule has 1 aromatic carbocycles. The van der Waals surface area contributed by atoms with Gasteiger partial charge in [-0.25, -0.2) is 4.39 Å². The average Bonchev–Trinajstić information content (AvgIpc) is 2.20. The van der Waals surface area contributed by atoms with E-state index in [4.69, 9.17) is 11.6 Å². The van der Waals surface area contributed by atoms with Gasteiger partial charge in [-0.15, -0.1) is 0 Å². The van der Waals surface area contributed by atoms with Gasteiger partial charge in [0, 0.05) is 5.57 Å². The number of fused-ring (bicyclic) bond motifs is 1. The molecule has 1 aromatic rings. The molecular formula is C11H8ClFO. The SMILES string of the molecule is O=CC1=C(Cl)c2cc(F)ccc2CC1. The van der Waals surface area contributed by atoms with Gasteiger partial charge in [0.25, 0.3) is 0 Å². The molecule has 0 spiro atoms. The van der Waals surface area contributed by atoms with E-state index in [2.05, 4.69) is 0 Å². The quantitative estimate of drug-likeness (QED) is 0.652. The van der Waals surface area contributed by atoms with Crippen LogP contribution < -0.4 is 0 Å². The molecule has 0 N–H and O–H groups in total. The minimum Gasteiger partial charge on any atom is -0.298 e. The van der Waals surface area contributed by atoms with Crippen molar-refractivity contribution in [3.8, 4) is 0 Å². The lowest BCUT2D eigenvalue weighted by molar-refractivity contribution is -0.105. The number of hydrogen-bond donors (Lipinski definition) is 0. The normalized spacial score (nSPS) is 15.3. The largest absolute Gasteiger partial charge is 0.298 e. The molecule has 0 heterocycles. The molecule has 72 valence electrons. The third-order valence-corrected chi connectivity index (χ3v) is 2.84. The smallest absolute Gasteiger partial charge is 0.147 e. The van der Waals surface area contributed by atoms with Crippen molar-refractivity contribution in [3.05, 3.63) is 40.7 Å². The molecule has 14 heavy (non-hydrogen) atoms. The van der Waals surface area contributed by atoms with Gasteiger partial charge in [-0.1, -0.05) is 17.7 Å². The van der Waals surface area contributed by atoms with E-state index in [0.717, 1.165) is 18.3 Å². The first-order valence-electron chi connectivity index (χ1n) is 4.35. The summed E-state index contributed by atoms with van der Waals surface area (Å²) in [6, 6.07) is 4.50. The number of hydrogen-bond acceptors (Lipinski definition) is 1. The van der Waals surface area contributed by atoms with Crippen LogP contribution in [0.5, 0.6) is 0 Å². The Kier molecular flexibility index (Phi) is 2.38. The summed E-state index contributed by atoms with van der Waals surface area (Å²) in [7, 11) is 0. The van der Waals surface area contributed by atoms with Crippen molar-refractivity contribution >= 4 is 22.9 Å². The molecule has 0 saturated heterocycles. The van der Waals surface area contributed by atoms with Crippen molar-refractivity contribution in [2.75, 3.05) is 0 Å². The molecule has 0 amide bonds. The second-order valence-corrected chi connectivity index (χ2v) is 3.64. The molecule has 0 aromatic heterocycles. The number of allylic oxidation sites excluding steroid dienone is 1. The van der Waals surface area contributed by atoms with Crippen molar-refractivity contribution in [2.24, 2.45) is 0 Å². The minimum atomic E-state index is -0.325. The van der Waals surface area contributed by atoms with Crippen molar-refractivity contribution in [1.29, 1.82) is 0 Å². The van der Waals surface area contributed by atoms with Gasteiger partial charge in [-0.05, 0) is 36.1 Å². The van der Waals surface area contributed by atoms with Gasteiger partial charge in [0.2, 0.25) is 0 Å². The summed E-state index contributed by atoms with van der Waals surface area (Å²) < 4.78 is 12.9. The van der Waals surface area contributed by atoms with Crippen LogP contribution in [0.2, 0.25) is 0 Å². The predicted octanol–water partition coefficient (Wildman–Crippen LogP) is 2.92. The summed E-state index contributed by atoms with van der Waals surface area (Å²) in [6.07, 6.45) is 2.14. The third-order valence-electron chi connectivity index (χ3n) is 2.40. The van der Waals surface area contributed by atoms with Crippen LogP contribution >= 0.6 is 11.6 Å². The number of carbonyl (C=O) groups excluding carboxylic acids is 1. The first-order chi connectivity index (χ1) is 6.72. The zero-order chi connectivity index (χ0) is 10.1. The van der Waals surface area contributed by atoms with Crippen LogP contribution in [0.4, 0.5) is 4.39 Å². The van der Waals surface area contributed by atoms with Crippen molar-refractivity contribution in [3.63, 3.8) is 0 Å². The lowest BCUT2D eigenvalue weighted by Gasteiger charge is -2.16. The summed E-state index contributed by atoms with van der Waals surface area (Å²) in [6.45, 7) is 0. The molecule has 0 unspecified atom stereocenters. The average molecular weight is 211 g/mol. The highest BCUT2D eigenvalue weighted by atomic mass is 35.5. The van der Waals surface area contributed by atoms with E-state index < -0.39 is 0 Å². The van der Waals surface area contributed by atoms with Crippen molar-refractivity contribution < 1.29 is 9.18 Å². The Hall–Kier alpha value is -1.15. The zero-order valence-corrected chi connectivity index (χ0v) is 8.14. The molecule has 1 aliphatic rings. The number of rotatable bonds is 1. The van der Waals surface area contributed by atoms with E-state index in [0.29, 0.717) is 22.6 Å². The maximum absolute atomic E-state index is 12.9. The standard InChI is InChI=1S/C11H8ClFO/c12-11-8(6-14)2-1-7-3-4-9(13)5-10(7)11/h3-6H,1-2H2. The van der Waals surface area contributed by atoms with Crippen LogP contribution in [0.3, 0.4) is 0 Å². The lowest BCUT2D eigenvalue weighted by atomic mass is 9.92. The molecule has 1 aliphatic carbocycles. The number of halogens is 2. The Bertz CT molecular complexity index is 423. The number of aldehydes is 1. The Morgan fingerprint density at radius 2 is 2.14 bits per heavy atom. The van der Waals surface area contributed by atoms with Crippen LogP contribution in [0.25, 0.3) is 5.03 Å². The summed E-state index contributed by atoms with van der Waals surface area (Å²) in [5, 5.41) is 0.390. The molecule has 0 atom stereocenters. The molecule has 3 heteroatoms. The highest BCUT2D eigenvalue weighted by Gasteiger charge is 2.17. The van der Waals surface area contributed by atoms with E-state index >= 15 is 0 Å². The van der Waals surface area contributed by atoms with Gasteiger partial charge < -0.3 is 0 Å². The fraction of sp³-hybridized carbons (Fsp3) is 0.182. The molecular weight excluding hydrogens is 203 g/mol. The Morgan fingerprint density at radius 3 is 2.86 bits per heavy atom. The summed E-state index contributed by atoms with van der Waals surface area (Å²) in [5.74, 6) is -0.325. The summed E-state index contributed by atoms with van der Waals surface area (Å²) >= 11 is 5.97. The molecule has 0 saturated carbocycles. The molecule has 2 rings (SSSR count). The van der Waals surface area contributed by atoms with Gasteiger partial charge in [-0.2, -0.15) is 0 Å². The van der Waals surface area contributed by atoms with Crippen molar-refractivity contribution in [1.82, 2.24) is 0 Å². The number of carbonyl (C=O) groups is 1. The zero-order valence-electron chi connectivity index (χ0n) is 7.39. The lowest BCUT2D eigenvalue weighted by Crippen LogP contribution is -2.03. The second kappa shape index (κ2) is 3.54. The summed E-state index contributed by atoms with van der Waals surface area (Å²) in [5.41, 5.74) is 2.21. The van der Waals surface area contributed by atoms with Crippen molar-refractivity contribution in [2.45, 2.75) is 12.8 Å².